The van der Waals surface area contributed by atoms with Crippen molar-refractivity contribution >= 4 is 11.9 Å². The van der Waals surface area contributed by atoms with Gasteiger partial charge in [0.2, 0.25) is 6.29 Å². The topological polar surface area (TPSA) is 123 Å². The number of hydrogen-bond donors (Lipinski definition) is 3. The van der Waals surface area contributed by atoms with Gasteiger partial charge in [-0.1, -0.05) is 12.1 Å². The van der Waals surface area contributed by atoms with Crippen LogP contribution in [0.4, 0.5) is 0 Å². The van der Waals surface area contributed by atoms with Crippen molar-refractivity contribution in [2.24, 2.45) is 0 Å². The average Bonchev–Trinajstić information content (AvgIpc) is 2.50. The Bertz CT molecular complexity index is 572. The van der Waals surface area contributed by atoms with Crippen LogP contribution in [-0.2, 0) is 14.3 Å². The third-order valence-electron chi connectivity index (χ3n) is 3.31. The fourth-order valence-electron chi connectivity index (χ4n) is 2.20. The Hall–Kier alpha value is -2.00. The molecule has 126 valence electrons. The van der Waals surface area contributed by atoms with E-state index in [0.717, 1.165) is 0 Å². The summed E-state index contributed by atoms with van der Waals surface area (Å²) in [5.74, 6) is -1.36. The molecule has 1 saturated heterocycles. The molecule has 0 unspecified atom stereocenters. The number of aliphatic hydroxyl groups is 3. The minimum absolute atomic E-state index is 0.0208. The van der Waals surface area contributed by atoms with Crippen molar-refractivity contribution in [1.82, 2.24) is 0 Å². The summed E-state index contributed by atoms with van der Waals surface area (Å²) >= 11 is 0. The number of rotatable bonds is 4. The molecular formula is C15H18O8. The van der Waals surface area contributed by atoms with Gasteiger partial charge in [-0.15, -0.1) is 0 Å². The van der Waals surface area contributed by atoms with Gasteiger partial charge in [0.25, 0.3) is 0 Å². The third-order valence-corrected chi connectivity index (χ3v) is 3.31. The maximum Gasteiger partial charge on any atom is 0.344 e. The molecule has 23 heavy (non-hydrogen) atoms. The molecular weight excluding hydrogens is 308 g/mol. The number of carbonyl (C=O) groups is 2. The van der Waals surface area contributed by atoms with Gasteiger partial charge in [-0.05, 0) is 12.1 Å². The van der Waals surface area contributed by atoms with Crippen LogP contribution >= 0.6 is 0 Å². The summed E-state index contributed by atoms with van der Waals surface area (Å²) in [6, 6.07) is 6.02. The van der Waals surface area contributed by atoms with E-state index in [1.165, 1.54) is 19.1 Å². The first-order valence-corrected chi connectivity index (χ1v) is 7.03. The monoisotopic (exact) mass is 326 g/mol. The highest BCUT2D eigenvalue weighted by molar-refractivity contribution is 5.93. The van der Waals surface area contributed by atoms with Crippen LogP contribution in [0.25, 0.3) is 0 Å². The van der Waals surface area contributed by atoms with Gasteiger partial charge in [0.15, 0.2) is 0 Å². The molecule has 8 nitrogen and oxygen atoms in total. The molecule has 8 heteroatoms. The number of esters is 2. The number of para-hydroxylation sites is 1. The summed E-state index contributed by atoms with van der Waals surface area (Å²) in [6.45, 7) is 0.673. The Morgan fingerprint density at radius 3 is 2.65 bits per heavy atom. The summed E-state index contributed by atoms with van der Waals surface area (Å²) in [5.41, 5.74) is 0.0208. The van der Waals surface area contributed by atoms with Gasteiger partial charge in [-0.25, -0.2) is 4.79 Å². The van der Waals surface area contributed by atoms with Gasteiger partial charge in [-0.2, -0.15) is 0 Å². The standard InChI is InChI=1S/C15H18O8/c1-8(17)21-11-5-3-2-4-9(11)15(20)23-13-6-10(18)14(19)12(7-16)22-13/h2-5,10,12-14,16,18-19H,6-7H2,1H3/t10-,12-,13-,14+/m1/s1. The molecule has 3 N–H and O–H groups in total. The molecule has 1 aromatic rings. The van der Waals surface area contributed by atoms with E-state index < -0.39 is 43.1 Å². The Balaban J connectivity index is 2.09. The first-order chi connectivity index (χ1) is 10.9. The second-order valence-electron chi connectivity index (χ2n) is 5.08. The highest BCUT2D eigenvalue weighted by Gasteiger charge is 2.38. The smallest absolute Gasteiger partial charge is 0.344 e. The van der Waals surface area contributed by atoms with Gasteiger partial charge in [0, 0.05) is 13.3 Å². The van der Waals surface area contributed by atoms with Crippen molar-refractivity contribution in [2.45, 2.75) is 37.9 Å². The lowest BCUT2D eigenvalue weighted by Gasteiger charge is -2.35. The Kier molecular flexibility index (Phi) is 5.67. The minimum Gasteiger partial charge on any atom is -0.432 e. The van der Waals surface area contributed by atoms with E-state index in [2.05, 4.69) is 0 Å². The van der Waals surface area contributed by atoms with Crippen LogP contribution < -0.4 is 4.74 Å². The van der Waals surface area contributed by atoms with Crippen LogP contribution in [0.3, 0.4) is 0 Å². The van der Waals surface area contributed by atoms with E-state index in [9.17, 15) is 19.8 Å². The summed E-state index contributed by atoms with van der Waals surface area (Å²) in [4.78, 5) is 23.2. The van der Waals surface area contributed by atoms with E-state index in [1.807, 2.05) is 0 Å². The van der Waals surface area contributed by atoms with Crippen molar-refractivity contribution in [3.63, 3.8) is 0 Å². The lowest BCUT2D eigenvalue weighted by Crippen LogP contribution is -2.50. The Morgan fingerprint density at radius 1 is 1.30 bits per heavy atom. The molecule has 1 aliphatic heterocycles. The zero-order chi connectivity index (χ0) is 17.0. The molecule has 0 aliphatic carbocycles. The van der Waals surface area contributed by atoms with E-state index in [1.54, 1.807) is 12.1 Å². The second-order valence-corrected chi connectivity index (χ2v) is 5.08. The first kappa shape index (κ1) is 17.4. The maximum absolute atomic E-state index is 12.2. The minimum atomic E-state index is -1.26. The lowest BCUT2D eigenvalue weighted by atomic mass is 10.0. The summed E-state index contributed by atoms with van der Waals surface area (Å²) < 4.78 is 15.3. The predicted molar refractivity (Wildman–Crippen MR) is 75.5 cm³/mol. The first-order valence-electron chi connectivity index (χ1n) is 7.03. The lowest BCUT2D eigenvalue weighted by molar-refractivity contribution is -0.239. The highest BCUT2D eigenvalue weighted by atomic mass is 16.7. The zero-order valence-corrected chi connectivity index (χ0v) is 12.4. The van der Waals surface area contributed by atoms with Crippen LogP contribution in [0.1, 0.15) is 23.7 Å². The summed E-state index contributed by atoms with van der Waals surface area (Å²) in [5, 5.41) is 28.4. The van der Waals surface area contributed by atoms with Crippen molar-refractivity contribution in [3.8, 4) is 5.75 Å². The largest absolute Gasteiger partial charge is 0.432 e. The Labute approximate surface area is 132 Å². The normalized spacial score (nSPS) is 27.3. The third kappa shape index (κ3) is 4.26. The quantitative estimate of drug-likeness (QED) is 0.504. The van der Waals surface area contributed by atoms with Crippen LogP contribution in [0.2, 0.25) is 0 Å². The molecule has 4 atom stereocenters. The van der Waals surface area contributed by atoms with Crippen LogP contribution in [0, 0.1) is 0 Å². The van der Waals surface area contributed by atoms with Crippen molar-refractivity contribution in [2.75, 3.05) is 6.61 Å². The van der Waals surface area contributed by atoms with Gasteiger partial charge in [0.05, 0.1) is 12.7 Å². The van der Waals surface area contributed by atoms with Crippen LogP contribution in [-0.4, -0.2) is 58.5 Å². The maximum atomic E-state index is 12.2. The molecule has 0 amide bonds. The number of benzene rings is 1. The van der Waals surface area contributed by atoms with Gasteiger partial charge >= 0.3 is 11.9 Å². The van der Waals surface area contributed by atoms with Crippen molar-refractivity contribution in [1.29, 1.82) is 0 Å². The molecule has 2 rings (SSSR count). The summed E-state index contributed by atoms with van der Waals surface area (Å²) in [6.07, 6.45) is -4.78. The molecule has 0 saturated carbocycles. The van der Waals surface area contributed by atoms with E-state index >= 15 is 0 Å². The average molecular weight is 326 g/mol. The molecule has 0 radical (unpaired) electrons. The predicted octanol–water partition coefficient (Wildman–Crippen LogP) is -0.402. The Morgan fingerprint density at radius 2 is 2.00 bits per heavy atom. The van der Waals surface area contributed by atoms with E-state index in [-0.39, 0.29) is 17.7 Å². The second kappa shape index (κ2) is 7.51. The van der Waals surface area contributed by atoms with Gasteiger partial charge in [0.1, 0.15) is 23.5 Å². The molecule has 1 aliphatic rings. The number of hydrogen-bond acceptors (Lipinski definition) is 8. The van der Waals surface area contributed by atoms with Crippen molar-refractivity contribution in [3.05, 3.63) is 29.8 Å². The van der Waals surface area contributed by atoms with E-state index in [4.69, 9.17) is 19.3 Å². The molecule has 1 aromatic carbocycles. The zero-order valence-electron chi connectivity index (χ0n) is 12.4. The van der Waals surface area contributed by atoms with Gasteiger partial charge < -0.3 is 29.5 Å². The molecule has 0 spiro atoms. The molecule has 0 bridgehead atoms. The van der Waals surface area contributed by atoms with Gasteiger partial charge in [-0.3, -0.25) is 4.79 Å². The van der Waals surface area contributed by atoms with E-state index in [0.29, 0.717) is 0 Å². The molecule has 1 heterocycles. The molecule has 0 aromatic heterocycles. The fourth-order valence-corrected chi connectivity index (χ4v) is 2.20. The van der Waals surface area contributed by atoms with Crippen LogP contribution in [0.15, 0.2) is 24.3 Å². The van der Waals surface area contributed by atoms with Crippen molar-refractivity contribution < 1.29 is 39.1 Å². The number of ether oxygens (including phenoxy) is 3. The number of carbonyl (C=O) groups excluding carboxylic acids is 2. The SMILES string of the molecule is CC(=O)Oc1ccccc1C(=O)O[C@@H]1C[C@@H](O)[C@H](O)[C@@H](CO)O1. The van der Waals surface area contributed by atoms with Crippen LogP contribution in [0.5, 0.6) is 5.75 Å². The fraction of sp³-hybridized carbons (Fsp3) is 0.467. The summed E-state index contributed by atoms with van der Waals surface area (Å²) in [7, 11) is 0. The molecule has 1 fully saturated rings. The highest BCUT2D eigenvalue weighted by Crippen LogP contribution is 2.24. The number of aliphatic hydroxyl groups excluding tert-OH is 3.